The van der Waals surface area contributed by atoms with E-state index in [4.69, 9.17) is 30.9 Å². The number of hydrogen-bond acceptors (Lipinski definition) is 5. The SMILES string of the molecule is Cc1cc(Cl)cc(COc2cccc(OCc3ccc4ccccc4n3)c2)c1OCC(=O)O. The molecule has 0 atom stereocenters. The van der Waals surface area contributed by atoms with Crippen LogP contribution in [0.2, 0.25) is 5.02 Å². The maximum atomic E-state index is 10.9. The molecule has 7 heteroatoms. The summed E-state index contributed by atoms with van der Waals surface area (Å²) < 4.78 is 17.3. The monoisotopic (exact) mass is 463 g/mol. The Morgan fingerprint density at radius 3 is 2.45 bits per heavy atom. The van der Waals surface area contributed by atoms with Crippen LogP contribution in [0.25, 0.3) is 10.9 Å². The summed E-state index contributed by atoms with van der Waals surface area (Å²) in [6.07, 6.45) is 0. The molecule has 0 saturated carbocycles. The molecule has 33 heavy (non-hydrogen) atoms. The average molecular weight is 464 g/mol. The minimum Gasteiger partial charge on any atom is -0.489 e. The molecule has 6 nitrogen and oxygen atoms in total. The molecule has 0 aliphatic heterocycles. The highest BCUT2D eigenvalue weighted by molar-refractivity contribution is 6.30. The predicted octanol–water partition coefficient (Wildman–Crippen LogP) is 5.82. The van der Waals surface area contributed by atoms with E-state index in [2.05, 4.69) is 4.98 Å². The Balaban J connectivity index is 1.42. The molecule has 4 aromatic rings. The van der Waals surface area contributed by atoms with Crippen molar-refractivity contribution >= 4 is 28.5 Å². The Labute approximate surface area is 196 Å². The second kappa shape index (κ2) is 10.2. The molecular formula is C26H22ClNO5. The van der Waals surface area contributed by atoms with Crippen molar-refractivity contribution in [3.8, 4) is 17.2 Å². The Morgan fingerprint density at radius 2 is 1.67 bits per heavy atom. The van der Waals surface area contributed by atoms with Gasteiger partial charge in [-0.15, -0.1) is 0 Å². The van der Waals surface area contributed by atoms with Gasteiger partial charge in [0.15, 0.2) is 6.61 Å². The first-order valence-electron chi connectivity index (χ1n) is 10.3. The fourth-order valence-electron chi connectivity index (χ4n) is 3.41. The number of hydrogen-bond donors (Lipinski definition) is 1. The van der Waals surface area contributed by atoms with Gasteiger partial charge in [-0.05, 0) is 48.9 Å². The fourth-order valence-corrected chi connectivity index (χ4v) is 3.70. The molecule has 0 amide bonds. The van der Waals surface area contributed by atoms with Crippen LogP contribution in [0.4, 0.5) is 0 Å². The fraction of sp³-hybridized carbons (Fsp3) is 0.154. The topological polar surface area (TPSA) is 77.9 Å². The number of fused-ring (bicyclic) bond motifs is 1. The van der Waals surface area contributed by atoms with Crippen molar-refractivity contribution in [2.45, 2.75) is 20.1 Å². The summed E-state index contributed by atoms with van der Waals surface area (Å²) in [6, 6.07) is 22.6. The molecule has 0 fully saturated rings. The summed E-state index contributed by atoms with van der Waals surface area (Å²) in [4.78, 5) is 15.5. The molecule has 0 spiro atoms. The van der Waals surface area contributed by atoms with Gasteiger partial charge in [-0.3, -0.25) is 0 Å². The second-order valence-corrected chi connectivity index (χ2v) is 7.88. The molecule has 0 aliphatic rings. The van der Waals surface area contributed by atoms with Gasteiger partial charge in [0.05, 0.1) is 11.2 Å². The van der Waals surface area contributed by atoms with E-state index in [1.165, 1.54) is 0 Å². The van der Waals surface area contributed by atoms with E-state index in [1.54, 1.807) is 18.2 Å². The number of aryl methyl sites for hydroxylation is 1. The highest BCUT2D eigenvalue weighted by Gasteiger charge is 2.12. The largest absolute Gasteiger partial charge is 0.489 e. The first kappa shape index (κ1) is 22.4. The van der Waals surface area contributed by atoms with Gasteiger partial charge in [-0.25, -0.2) is 9.78 Å². The zero-order valence-corrected chi connectivity index (χ0v) is 18.7. The first-order valence-corrected chi connectivity index (χ1v) is 10.7. The van der Waals surface area contributed by atoms with Crippen LogP contribution in [0.15, 0.2) is 72.8 Å². The van der Waals surface area contributed by atoms with Crippen LogP contribution in [-0.2, 0) is 18.0 Å². The third kappa shape index (κ3) is 5.93. The van der Waals surface area contributed by atoms with Crippen molar-refractivity contribution in [1.29, 1.82) is 0 Å². The van der Waals surface area contributed by atoms with E-state index in [1.807, 2.05) is 61.5 Å². The molecule has 1 heterocycles. The summed E-state index contributed by atoms with van der Waals surface area (Å²) >= 11 is 6.17. The van der Waals surface area contributed by atoms with Crippen LogP contribution in [0.1, 0.15) is 16.8 Å². The summed E-state index contributed by atoms with van der Waals surface area (Å²) in [5.41, 5.74) is 3.15. The number of ether oxygens (including phenoxy) is 3. The standard InChI is InChI=1S/C26H22ClNO5/c1-17-11-20(27)12-19(26(17)33-16-25(29)30)14-31-22-6-4-7-23(13-22)32-15-21-10-9-18-5-2-3-8-24(18)28-21/h2-13H,14-16H2,1H3,(H,29,30). The van der Waals surface area contributed by atoms with Crippen LogP contribution in [0.3, 0.4) is 0 Å². The molecule has 168 valence electrons. The van der Waals surface area contributed by atoms with Gasteiger partial charge in [-0.1, -0.05) is 41.9 Å². The smallest absolute Gasteiger partial charge is 0.341 e. The van der Waals surface area contributed by atoms with E-state index in [-0.39, 0.29) is 6.61 Å². The number of pyridine rings is 1. The van der Waals surface area contributed by atoms with Crippen LogP contribution < -0.4 is 14.2 Å². The van der Waals surface area contributed by atoms with Crippen LogP contribution in [0, 0.1) is 6.92 Å². The Hall–Kier alpha value is -3.77. The number of carboxylic acids is 1. The maximum absolute atomic E-state index is 10.9. The normalized spacial score (nSPS) is 10.7. The highest BCUT2D eigenvalue weighted by Crippen LogP contribution is 2.30. The number of aromatic nitrogens is 1. The molecule has 1 N–H and O–H groups in total. The lowest BCUT2D eigenvalue weighted by Crippen LogP contribution is -2.12. The lowest BCUT2D eigenvalue weighted by atomic mass is 10.1. The van der Waals surface area contributed by atoms with E-state index >= 15 is 0 Å². The quantitative estimate of drug-likeness (QED) is 0.337. The molecule has 3 aromatic carbocycles. The number of halogens is 1. The molecule has 0 radical (unpaired) electrons. The van der Waals surface area contributed by atoms with Gasteiger partial charge < -0.3 is 19.3 Å². The molecule has 0 unspecified atom stereocenters. The minimum absolute atomic E-state index is 0.159. The molecule has 4 rings (SSSR count). The van der Waals surface area contributed by atoms with Crippen LogP contribution >= 0.6 is 11.6 Å². The number of rotatable bonds is 9. The van der Waals surface area contributed by atoms with E-state index in [0.29, 0.717) is 34.4 Å². The first-order chi connectivity index (χ1) is 16.0. The maximum Gasteiger partial charge on any atom is 0.341 e. The molecule has 0 aliphatic carbocycles. The summed E-state index contributed by atoms with van der Waals surface area (Å²) in [5, 5.41) is 10.5. The molecule has 0 bridgehead atoms. The Morgan fingerprint density at radius 1 is 0.909 bits per heavy atom. The summed E-state index contributed by atoms with van der Waals surface area (Å²) in [7, 11) is 0. The molecule has 0 saturated heterocycles. The highest BCUT2D eigenvalue weighted by atomic mass is 35.5. The Kier molecular flexibility index (Phi) is 6.95. The predicted molar refractivity (Wildman–Crippen MR) is 126 cm³/mol. The number of para-hydroxylation sites is 1. The second-order valence-electron chi connectivity index (χ2n) is 7.44. The van der Waals surface area contributed by atoms with Crippen molar-refractivity contribution in [3.05, 3.63) is 94.6 Å². The number of benzene rings is 3. The van der Waals surface area contributed by atoms with Crippen molar-refractivity contribution < 1.29 is 24.1 Å². The zero-order valence-electron chi connectivity index (χ0n) is 18.0. The van der Waals surface area contributed by atoms with Crippen LogP contribution in [0.5, 0.6) is 17.2 Å². The van der Waals surface area contributed by atoms with Gasteiger partial charge in [0.2, 0.25) is 0 Å². The number of carbonyl (C=O) groups is 1. The Bertz CT molecular complexity index is 1290. The van der Waals surface area contributed by atoms with Crippen molar-refractivity contribution in [2.75, 3.05) is 6.61 Å². The minimum atomic E-state index is -1.05. The number of aliphatic carboxylic acids is 1. The molecular weight excluding hydrogens is 442 g/mol. The van der Waals surface area contributed by atoms with Crippen molar-refractivity contribution in [3.63, 3.8) is 0 Å². The number of nitrogens with zero attached hydrogens (tertiary/aromatic N) is 1. The lowest BCUT2D eigenvalue weighted by molar-refractivity contribution is -0.139. The van der Waals surface area contributed by atoms with Gasteiger partial charge in [0, 0.05) is 22.0 Å². The van der Waals surface area contributed by atoms with Crippen LogP contribution in [-0.4, -0.2) is 22.7 Å². The third-order valence-corrected chi connectivity index (χ3v) is 5.12. The van der Waals surface area contributed by atoms with Crippen molar-refractivity contribution in [2.24, 2.45) is 0 Å². The van der Waals surface area contributed by atoms with E-state index in [9.17, 15) is 4.79 Å². The van der Waals surface area contributed by atoms with E-state index in [0.717, 1.165) is 22.2 Å². The summed E-state index contributed by atoms with van der Waals surface area (Å²) in [5.74, 6) is 0.645. The third-order valence-electron chi connectivity index (χ3n) is 4.90. The molecule has 1 aromatic heterocycles. The van der Waals surface area contributed by atoms with Gasteiger partial charge in [-0.2, -0.15) is 0 Å². The lowest BCUT2D eigenvalue weighted by Gasteiger charge is -2.15. The average Bonchev–Trinajstić information content (AvgIpc) is 2.80. The van der Waals surface area contributed by atoms with Gasteiger partial charge in [0.25, 0.3) is 0 Å². The number of carboxylic acid groups (broad SMARTS) is 1. The zero-order chi connectivity index (χ0) is 23.2. The van der Waals surface area contributed by atoms with Gasteiger partial charge >= 0.3 is 5.97 Å². The van der Waals surface area contributed by atoms with E-state index < -0.39 is 12.6 Å². The van der Waals surface area contributed by atoms with Gasteiger partial charge in [0.1, 0.15) is 30.5 Å². The summed E-state index contributed by atoms with van der Waals surface area (Å²) in [6.45, 7) is 1.85. The van der Waals surface area contributed by atoms with Crippen molar-refractivity contribution in [1.82, 2.24) is 4.98 Å².